The van der Waals surface area contributed by atoms with Gasteiger partial charge in [-0.15, -0.1) is 22.6 Å². The average Bonchev–Trinajstić information content (AvgIpc) is 3.32. The van der Waals surface area contributed by atoms with E-state index >= 15 is 0 Å². The average molecular weight is 552 g/mol. The predicted octanol–water partition coefficient (Wildman–Crippen LogP) is 4.45. The molecule has 0 saturated heterocycles. The number of hydrogen-bond acceptors (Lipinski definition) is 8. The van der Waals surface area contributed by atoms with Crippen molar-refractivity contribution >= 4 is 47.5 Å². The van der Waals surface area contributed by atoms with E-state index in [9.17, 15) is 14.4 Å². The number of para-hydroxylation sites is 1. The highest BCUT2D eigenvalue weighted by Crippen LogP contribution is 2.38. The van der Waals surface area contributed by atoms with Crippen LogP contribution in [0.2, 0.25) is 0 Å². The van der Waals surface area contributed by atoms with Crippen LogP contribution in [0.5, 0.6) is 0 Å². The Morgan fingerprint density at radius 1 is 1.05 bits per heavy atom. The van der Waals surface area contributed by atoms with E-state index in [-0.39, 0.29) is 30.1 Å². The highest BCUT2D eigenvalue weighted by atomic mass is 35.5. The Morgan fingerprint density at radius 3 is 2.35 bits per heavy atom. The number of aromatic nitrogens is 2. The van der Waals surface area contributed by atoms with Crippen LogP contribution < -0.4 is 10.6 Å². The monoisotopic (exact) mass is 551 g/mol. The Hall–Kier alpha value is -2.43. The van der Waals surface area contributed by atoms with Crippen LogP contribution in [0.25, 0.3) is 0 Å². The molecule has 9 nitrogen and oxygen atoms in total. The lowest BCUT2D eigenvalue weighted by Gasteiger charge is -2.35. The van der Waals surface area contributed by atoms with Crippen LogP contribution in [0.1, 0.15) is 63.1 Å². The van der Waals surface area contributed by atoms with E-state index < -0.39 is 23.1 Å². The number of halogens is 1. The summed E-state index contributed by atoms with van der Waals surface area (Å²) in [4.78, 5) is 42.5. The molecule has 3 rings (SSSR count). The van der Waals surface area contributed by atoms with Crippen LogP contribution in [-0.2, 0) is 9.59 Å². The molecule has 37 heavy (non-hydrogen) atoms. The zero-order chi connectivity index (χ0) is 26.1. The first kappa shape index (κ1) is 30.8. The number of amides is 2. The summed E-state index contributed by atoms with van der Waals surface area (Å²) >= 11 is 1.38. The van der Waals surface area contributed by atoms with Crippen LogP contribution in [0.15, 0.2) is 40.0 Å². The third kappa shape index (κ3) is 8.55. The molecule has 2 amide bonds. The zero-order valence-corrected chi connectivity index (χ0v) is 23.6. The minimum absolute atomic E-state index is 0. The molecular weight excluding hydrogens is 514 g/mol. The first-order valence-corrected chi connectivity index (χ1v) is 13.5. The van der Waals surface area contributed by atoms with Gasteiger partial charge in [-0.3, -0.25) is 14.4 Å². The molecule has 1 aliphatic carbocycles. The summed E-state index contributed by atoms with van der Waals surface area (Å²) in [5.41, 5.74) is -0.591. The molecule has 2 aromatic rings. The first-order valence-electron chi connectivity index (χ1n) is 12.5. The number of rotatable bonds is 12. The molecule has 1 aromatic carbocycles. The molecule has 204 valence electrons. The van der Waals surface area contributed by atoms with Crippen LogP contribution in [0.3, 0.4) is 0 Å². The van der Waals surface area contributed by atoms with Gasteiger partial charge < -0.3 is 20.0 Å². The van der Waals surface area contributed by atoms with E-state index in [0.29, 0.717) is 30.2 Å². The molecule has 1 unspecified atom stereocenters. The highest BCUT2D eigenvalue weighted by molar-refractivity contribution is 7.99. The van der Waals surface area contributed by atoms with Gasteiger partial charge in [0.15, 0.2) is 0 Å². The number of hydrogen-bond donors (Lipinski definition) is 2. The van der Waals surface area contributed by atoms with E-state index in [1.165, 1.54) is 11.8 Å². The van der Waals surface area contributed by atoms with Crippen molar-refractivity contribution in [2.24, 2.45) is 11.3 Å². The van der Waals surface area contributed by atoms with E-state index in [0.717, 1.165) is 31.6 Å². The second-order valence-corrected chi connectivity index (χ2v) is 11.1. The molecule has 2 N–H and O–H groups in total. The number of carbonyl (C=O) groups is 3. The second kappa shape index (κ2) is 14.5. The number of thioether (sulfide) groups is 1. The van der Waals surface area contributed by atoms with Gasteiger partial charge in [-0.05, 0) is 51.4 Å². The SMILES string of the molecule is CC(C)CC(NC(=O)C1(C(=O)Nc2ccccc2)CCCCC1)C(=O)c1nnc(SCCN(C)C)o1.Cl. The van der Waals surface area contributed by atoms with E-state index in [4.69, 9.17) is 4.42 Å². The fourth-order valence-electron chi connectivity index (χ4n) is 4.32. The molecule has 0 spiro atoms. The molecule has 11 heteroatoms. The third-order valence-corrected chi connectivity index (χ3v) is 7.12. The summed E-state index contributed by atoms with van der Waals surface area (Å²) in [7, 11) is 3.95. The Labute approximate surface area is 229 Å². The summed E-state index contributed by atoms with van der Waals surface area (Å²) in [6.07, 6.45) is 3.79. The van der Waals surface area contributed by atoms with Crippen LogP contribution in [-0.4, -0.2) is 65.1 Å². The molecule has 1 saturated carbocycles. The molecule has 1 fully saturated rings. The van der Waals surface area contributed by atoms with Gasteiger partial charge >= 0.3 is 0 Å². The van der Waals surface area contributed by atoms with Gasteiger partial charge in [-0.1, -0.05) is 63.1 Å². The van der Waals surface area contributed by atoms with Crippen molar-refractivity contribution in [2.75, 3.05) is 31.7 Å². The topological polar surface area (TPSA) is 117 Å². The molecule has 1 heterocycles. The minimum atomic E-state index is -1.23. The second-order valence-electron chi connectivity index (χ2n) is 10.0. The summed E-state index contributed by atoms with van der Waals surface area (Å²) in [6.45, 7) is 4.78. The number of ketones is 1. The van der Waals surface area contributed by atoms with Crippen molar-refractivity contribution in [3.05, 3.63) is 36.2 Å². The number of benzene rings is 1. The smallest absolute Gasteiger partial charge is 0.286 e. The van der Waals surface area contributed by atoms with Crippen molar-refractivity contribution in [1.82, 2.24) is 20.4 Å². The molecule has 1 aromatic heterocycles. The van der Waals surface area contributed by atoms with E-state index in [1.54, 1.807) is 12.1 Å². The quantitative estimate of drug-likeness (QED) is 0.226. The molecule has 0 bridgehead atoms. The lowest BCUT2D eigenvalue weighted by molar-refractivity contribution is -0.143. The summed E-state index contributed by atoms with van der Waals surface area (Å²) in [6, 6.07) is 8.25. The maximum absolute atomic E-state index is 13.7. The fourth-order valence-corrected chi connectivity index (χ4v) is 5.18. The maximum Gasteiger partial charge on any atom is 0.286 e. The van der Waals surface area contributed by atoms with Gasteiger partial charge in [-0.25, -0.2) is 0 Å². The lowest BCUT2D eigenvalue weighted by Crippen LogP contribution is -2.54. The van der Waals surface area contributed by atoms with Gasteiger partial charge in [-0.2, -0.15) is 0 Å². The van der Waals surface area contributed by atoms with Crippen molar-refractivity contribution in [2.45, 2.75) is 63.6 Å². The Kier molecular flexibility index (Phi) is 12.1. The van der Waals surface area contributed by atoms with E-state index in [2.05, 4.69) is 20.8 Å². The molecular formula is C26H38ClN5O4S. The van der Waals surface area contributed by atoms with Crippen molar-refractivity contribution in [3.8, 4) is 0 Å². The number of nitrogens with one attached hydrogen (secondary N) is 2. The van der Waals surface area contributed by atoms with Gasteiger partial charge in [0, 0.05) is 18.0 Å². The molecule has 1 aliphatic rings. The van der Waals surface area contributed by atoms with Gasteiger partial charge in [0.25, 0.3) is 11.1 Å². The predicted molar refractivity (Wildman–Crippen MR) is 147 cm³/mol. The largest absolute Gasteiger partial charge is 0.408 e. The Morgan fingerprint density at radius 2 is 1.73 bits per heavy atom. The number of anilines is 1. The normalized spacial score (nSPS) is 15.6. The minimum Gasteiger partial charge on any atom is -0.408 e. The van der Waals surface area contributed by atoms with Crippen LogP contribution >= 0.6 is 24.2 Å². The maximum atomic E-state index is 13.7. The number of nitrogens with zero attached hydrogens (tertiary/aromatic N) is 3. The standard InChI is InChI=1S/C26H37N5O4S.ClH/c1-18(2)17-20(21(32)22-29-30-25(35-22)36-16-15-31(3)4)28-24(34)26(13-9-6-10-14-26)23(33)27-19-11-7-5-8-12-19;/h5,7-8,11-12,18,20H,6,9-10,13-17H2,1-4H3,(H,27,33)(H,28,34);1H. The van der Waals surface area contributed by atoms with Crippen molar-refractivity contribution in [3.63, 3.8) is 0 Å². The summed E-state index contributed by atoms with van der Waals surface area (Å²) in [5, 5.41) is 14.1. The van der Waals surface area contributed by atoms with Crippen molar-refractivity contribution < 1.29 is 18.8 Å². The molecule has 1 atom stereocenters. The highest BCUT2D eigenvalue weighted by Gasteiger charge is 2.47. The summed E-state index contributed by atoms with van der Waals surface area (Å²) < 4.78 is 5.61. The van der Waals surface area contributed by atoms with Crippen LogP contribution in [0, 0.1) is 11.3 Å². The third-order valence-electron chi connectivity index (χ3n) is 6.32. The van der Waals surface area contributed by atoms with Crippen molar-refractivity contribution in [1.29, 1.82) is 0 Å². The summed E-state index contributed by atoms with van der Waals surface area (Å²) in [5.74, 6) is -0.447. The molecule has 0 radical (unpaired) electrons. The lowest BCUT2D eigenvalue weighted by atomic mass is 9.72. The first-order chi connectivity index (χ1) is 17.2. The Bertz CT molecular complexity index is 1020. The van der Waals surface area contributed by atoms with E-state index in [1.807, 2.05) is 51.0 Å². The van der Waals surface area contributed by atoms with Gasteiger partial charge in [0.05, 0.1) is 6.04 Å². The Balaban J connectivity index is 0.00000481. The van der Waals surface area contributed by atoms with Crippen LogP contribution in [0.4, 0.5) is 5.69 Å². The zero-order valence-electron chi connectivity index (χ0n) is 22.0. The number of Topliss-reactive ketones (excluding diaryl/α,β-unsaturated/α-hetero) is 1. The number of carbonyl (C=O) groups excluding carboxylic acids is 3. The van der Waals surface area contributed by atoms with Gasteiger partial charge in [0.2, 0.25) is 17.6 Å². The molecule has 0 aliphatic heterocycles. The van der Waals surface area contributed by atoms with Gasteiger partial charge in [0.1, 0.15) is 5.41 Å². The fraction of sp³-hybridized carbons (Fsp3) is 0.577.